The first-order chi connectivity index (χ1) is 6.88. The molecule has 0 heterocycles. The predicted molar refractivity (Wildman–Crippen MR) is 57.4 cm³/mol. The first-order valence-corrected chi connectivity index (χ1v) is 6.38. The third-order valence-corrected chi connectivity index (χ3v) is 3.34. The van der Waals surface area contributed by atoms with E-state index in [1.807, 2.05) is 6.92 Å². The normalized spacial score (nSPS) is 11.3. The molecule has 0 aliphatic rings. The Balaban J connectivity index is 3.63. The van der Waals surface area contributed by atoms with Crippen LogP contribution >= 0.6 is 0 Å². The molecule has 0 fully saturated rings. The van der Waals surface area contributed by atoms with E-state index in [1.54, 1.807) is 12.1 Å². The topological polar surface area (TPSA) is 77.2 Å². The highest BCUT2D eigenvalue weighted by molar-refractivity contribution is 7.90. The molecule has 4 nitrogen and oxygen atoms in total. The third-order valence-electron chi connectivity index (χ3n) is 2.11. The first-order valence-electron chi connectivity index (χ1n) is 4.49. The van der Waals surface area contributed by atoms with Crippen LogP contribution in [0.15, 0.2) is 23.1 Å². The Bertz CT molecular complexity index is 491. The minimum absolute atomic E-state index is 0.0556. The van der Waals surface area contributed by atoms with Gasteiger partial charge in [-0.2, -0.15) is 0 Å². The van der Waals surface area contributed by atoms with E-state index in [0.29, 0.717) is 12.0 Å². The molecule has 0 aliphatic heterocycles. The Kier molecular flexibility index (Phi) is 3.14. The molecule has 0 saturated heterocycles. The van der Waals surface area contributed by atoms with Crippen LogP contribution in [0.4, 0.5) is 0 Å². The molecule has 0 radical (unpaired) electrons. The molecule has 2 N–H and O–H groups in total. The summed E-state index contributed by atoms with van der Waals surface area (Å²) in [6.45, 7) is 1.83. The minimum atomic E-state index is -3.42. The van der Waals surface area contributed by atoms with Gasteiger partial charge < -0.3 is 5.73 Å². The van der Waals surface area contributed by atoms with Crippen LogP contribution in [-0.2, 0) is 16.3 Å². The Morgan fingerprint density at radius 1 is 1.40 bits per heavy atom. The van der Waals surface area contributed by atoms with Gasteiger partial charge in [0.25, 0.3) is 0 Å². The van der Waals surface area contributed by atoms with Crippen LogP contribution in [0, 0.1) is 0 Å². The molecule has 0 bridgehead atoms. The van der Waals surface area contributed by atoms with Crippen molar-refractivity contribution in [2.24, 2.45) is 5.73 Å². The summed E-state index contributed by atoms with van der Waals surface area (Å²) >= 11 is 0. The highest BCUT2D eigenvalue weighted by Crippen LogP contribution is 2.20. The predicted octanol–water partition coefficient (Wildman–Crippen LogP) is 0.751. The Labute approximate surface area is 89.0 Å². The minimum Gasteiger partial charge on any atom is -0.366 e. The van der Waals surface area contributed by atoms with Gasteiger partial charge in [0.2, 0.25) is 5.91 Å². The van der Waals surface area contributed by atoms with E-state index in [2.05, 4.69) is 0 Å². The van der Waals surface area contributed by atoms with Crippen molar-refractivity contribution in [3.63, 3.8) is 0 Å². The summed E-state index contributed by atoms with van der Waals surface area (Å²) in [6.07, 6.45) is 1.62. The van der Waals surface area contributed by atoms with Gasteiger partial charge in [0.1, 0.15) is 0 Å². The molecule has 0 aromatic heterocycles. The number of carbonyl (C=O) groups excluding carboxylic acids is 1. The summed E-state index contributed by atoms with van der Waals surface area (Å²) in [5, 5.41) is 0. The van der Waals surface area contributed by atoms with Crippen molar-refractivity contribution in [3.05, 3.63) is 29.3 Å². The van der Waals surface area contributed by atoms with Crippen LogP contribution in [0.3, 0.4) is 0 Å². The molecule has 5 heteroatoms. The molecule has 82 valence electrons. The van der Waals surface area contributed by atoms with Gasteiger partial charge in [-0.25, -0.2) is 8.42 Å². The standard InChI is InChI=1S/C10H13NO3S/c1-3-7-5-4-6-8(10(11)12)9(7)15(2,13)14/h4-6H,3H2,1-2H3,(H2,11,12). The van der Waals surface area contributed by atoms with Gasteiger partial charge in [0, 0.05) is 6.26 Å². The zero-order valence-electron chi connectivity index (χ0n) is 8.65. The fraction of sp³-hybridized carbons (Fsp3) is 0.300. The average Bonchev–Trinajstić information content (AvgIpc) is 2.15. The van der Waals surface area contributed by atoms with E-state index in [4.69, 9.17) is 5.73 Å². The molecule has 0 aliphatic carbocycles. The Morgan fingerprint density at radius 2 is 2.00 bits per heavy atom. The molecule has 0 saturated carbocycles. The summed E-state index contributed by atoms with van der Waals surface area (Å²) in [5.74, 6) is -0.717. The van der Waals surface area contributed by atoms with Gasteiger partial charge in [0.15, 0.2) is 9.84 Å². The van der Waals surface area contributed by atoms with Gasteiger partial charge in [-0.05, 0) is 18.1 Å². The van der Waals surface area contributed by atoms with E-state index >= 15 is 0 Å². The van der Waals surface area contributed by atoms with Crippen molar-refractivity contribution in [1.82, 2.24) is 0 Å². The molecule has 1 aromatic carbocycles. The Morgan fingerprint density at radius 3 is 2.40 bits per heavy atom. The van der Waals surface area contributed by atoms with Gasteiger partial charge in [-0.1, -0.05) is 19.1 Å². The second-order valence-electron chi connectivity index (χ2n) is 3.28. The highest BCUT2D eigenvalue weighted by Gasteiger charge is 2.19. The first kappa shape index (κ1) is 11.7. The van der Waals surface area contributed by atoms with Gasteiger partial charge in [0.05, 0.1) is 10.5 Å². The largest absolute Gasteiger partial charge is 0.366 e. The number of nitrogens with two attached hydrogens (primary N) is 1. The fourth-order valence-electron chi connectivity index (χ4n) is 1.50. The number of hydrogen-bond acceptors (Lipinski definition) is 3. The van der Waals surface area contributed by atoms with Crippen molar-refractivity contribution in [2.45, 2.75) is 18.2 Å². The van der Waals surface area contributed by atoms with E-state index < -0.39 is 15.7 Å². The summed E-state index contributed by atoms with van der Waals surface area (Å²) in [5.41, 5.74) is 5.82. The summed E-state index contributed by atoms with van der Waals surface area (Å²) in [7, 11) is -3.42. The molecular weight excluding hydrogens is 214 g/mol. The van der Waals surface area contributed by atoms with E-state index in [1.165, 1.54) is 6.07 Å². The number of primary amides is 1. The number of rotatable bonds is 3. The lowest BCUT2D eigenvalue weighted by Crippen LogP contribution is -2.17. The van der Waals surface area contributed by atoms with Crippen LogP contribution in [0.25, 0.3) is 0 Å². The smallest absolute Gasteiger partial charge is 0.250 e. The van der Waals surface area contributed by atoms with Crippen molar-refractivity contribution >= 4 is 15.7 Å². The second kappa shape index (κ2) is 4.02. The maximum atomic E-state index is 11.5. The van der Waals surface area contributed by atoms with Crippen molar-refractivity contribution in [3.8, 4) is 0 Å². The van der Waals surface area contributed by atoms with Crippen molar-refractivity contribution < 1.29 is 13.2 Å². The maximum Gasteiger partial charge on any atom is 0.250 e. The average molecular weight is 227 g/mol. The molecule has 15 heavy (non-hydrogen) atoms. The van der Waals surface area contributed by atoms with Crippen LogP contribution in [0.5, 0.6) is 0 Å². The van der Waals surface area contributed by atoms with Crippen LogP contribution in [-0.4, -0.2) is 20.6 Å². The van der Waals surface area contributed by atoms with Gasteiger partial charge in [-0.15, -0.1) is 0 Å². The summed E-state index contributed by atoms with van der Waals surface area (Å²) in [4.78, 5) is 11.1. The third kappa shape index (κ3) is 2.36. The second-order valence-corrected chi connectivity index (χ2v) is 5.24. The summed E-state index contributed by atoms with van der Waals surface area (Å²) < 4.78 is 23.1. The van der Waals surface area contributed by atoms with E-state index in [0.717, 1.165) is 6.26 Å². The van der Waals surface area contributed by atoms with Crippen LogP contribution < -0.4 is 5.73 Å². The SMILES string of the molecule is CCc1cccc(C(N)=O)c1S(C)(=O)=O. The molecule has 0 spiro atoms. The quantitative estimate of drug-likeness (QED) is 0.827. The zero-order chi connectivity index (χ0) is 11.6. The van der Waals surface area contributed by atoms with Crippen molar-refractivity contribution in [1.29, 1.82) is 0 Å². The molecular formula is C10H13NO3S. The number of amides is 1. The number of benzene rings is 1. The lowest BCUT2D eigenvalue weighted by Gasteiger charge is -2.09. The fourth-order valence-corrected chi connectivity index (χ4v) is 2.75. The van der Waals surface area contributed by atoms with Crippen molar-refractivity contribution in [2.75, 3.05) is 6.26 Å². The Hall–Kier alpha value is -1.36. The molecule has 1 amide bonds. The lowest BCUT2D eigenvalue weighted by atomic mass is 10.1. The van der Waals surface area contributed by atoms with E-state index in [-0.39, 0.29) is 10.5 Å². The molecule has 0 unspecified atom stereocenters. The lowest BCUT2D eigenvalue weighted by molar-refractivity contribution is 0.0997. The maximum absolute atomic E-state index is 11.5. The number of aryl methyl sites for hydroxylation is 1. The molecule has 1 rings (SSSR count). The number of hydrogen-bond donors (Lipinski definition) is 1. The van der Waals surface area contributed by atoms with Gasteiger partial charge in [-0.3, -0.25) is 4.79 Å². The van der Waals surface area contributed by atoms with Gasteiger partial charge >= 0.3 is 0 Å². The van der Waals surface area contributed by atoms with E-state index in [9.17, 15) is 13.2 Å². The monoisotopic (exact) mass is 227 g/mol. The molecule has 1 aromatic rings. The zero-order valence-corrected chi connectivity index (χ0v) is 9.47. The van der Waals surface area contributed by atoms with Crippen LogP contribution in [0.1, 0.15) is 22.8 Å². The summed E-state index contributed by atoms with van der Waals surface area (Å²) in [6, 6.07) is 4.74. The number of carbonyl (C=O) groups is 1. The van der Waals surface area contributed by atoms with Crippen LogP contribution in [0.2, 0.25) is 0 Å². The highest BCUT2D eigenvalue weighted by atomic mass is 32.2. The number of sulfone groups is 1. The molecule has 0 atom stereocenters.